The highest BCUT2D eigenvalue weighted by Gasteiger charge is 2.15. The van der Waals surface area contributed by atoms with Crippen LogP contribution in [0.3, 0.4) is 0 Å². The number of hydrogen-bond acceptors (Lipinski definition) is 3. The number of carbonyl (C=O) groups is 1. The van der Waals surface area contributed by atoms with Crippen LogP contribution in [0.4, 0.5) is 5.69 Å². The Bertz CT molecular complexity index is 447. The highest BCUT2D eigenvalue weighted by atomic mass is 16.5. The lowest BCUT2D eigenvalue weighted by molar-refractivity contribution is 0.0938. The normalized spacial score (nSPS) is 14.9. The molecule has 0 atom stereocenters. The third-order valence-corrected chi connectivity index (χ3v) is 2.84. The van der Waals surface area contributed by atoms with Crippen molar-refractivity contribution in [1.29, 1.82) is 0 Å². The van der Waals surface area contributed by atoms with E-state index in [1.807, 2.05) is 0 Å². The second-order valence-corrected chi connectivity index (χ2v) is 4.07. The minimum absolute atomic E-state index is 0.0861. The van der Waals surface area contributed by atoms with Gasteiger partial charge in [-0.05, 0) is 31.0 Å². The molecule has 4 heteroatoms. The molecule has 17 heavy (non-hydrogen) atoms. The molecule has 0 saturated heterocycles. The first kappa shape index (κ1) is 11.5. The molecule has 0 fully saturated rings. The molecule has 0 saturated carbocycles. The zero-order valence-corrected chi connectivity index (χ0v) is 9.77. The van der Waals surface area contributed by atoms with Crippen LogP contribution >= 0.6 is 0 Å². The Hall–Kier alpha value is -1.97. The van der Waals surface area contributed by atoms with E-state index < -0.39 is 0 Å². The van der Waals surface area contributed by atoms with Crippen molar-refractivity contribution < 1.29 is 9.53 Å². The Kier molecular flexibility index (Phi) is 3.32. The van der Waals surface area contributed by atoms with Crippen molar-refractivity contribution in [3.63, 3.8) is 0 Å². The van der Waals surface area contributed by atoms with E-state index in [0.29, 0.717) is 17.0 Å². The Morgan fingerprint density at radius 3 is 2.76 bits per heavy atom. The van der Waals surface area contributed by atoms with E-state index in [4.69, 9.17) is 10.5 Å². The Morgan fingerprint density at radius 1 is 1.41 bits per heavy atom. The molecule has 0 spiro atoms. The largest absolute Gasteiger partial charge is 0.495 e. The van der Waals surface area contributed by atoms with E-state index in [0.717, 1.165) is 12.8 Å². The van der Waals surface area contributed by atoms with Gasteiger partial charge in [-0.1, -0.05) is 12.2 Å². The van der Waals surface area contributed by atoms with Crippen LogP contribution in [-0.4, -0.2) is 19.1 Å². The van der Waals surface area contributed by atoms with E-state index in [9.17, 15) is 4.79 Å². The van der Waals surface area contributed by atoms with Gasteiger partial charge in [-0.2, -0.15) is 0 Å². The third kappa shape index (κ3) is 2.58. The second kappa shape index (κ2) is 4.91. The van der Waals surface area contributed by atoms with Crippen molar-refractivity contribution in [2.45, 2.75) is 18.9 Å². The summed E-state index contributed by atoms with van der Waals surface area (Å²) in [4.78, 5) is 11.9. The number of anilines is 1. The molecule has 0 radical (unpaired) electrons. The highest BCUT2D eigenvalue weighted by Crippen LogP contribution is 2.22. The lowest BCUT2D eigenvalue weighted by atomic mass is 10.1. The molecule has 0 heterocycles. The average molecular weight is 232 g/mol. The minimum Gasteiger partial charge on any atom is -0.495 e. The highest BCUT2D eigenvalue weighted by molar-refractivity contribution is 5.95. The SMILES string of the molecule is COc1cc(C(=O)NC2CC=CC2)ccc1N. The van der Waals surface area contributed by atoms with Crippen molar-refractivity contribution >= 4 is 11.6 Å². The summed E-state index contributed by atoms with van der Waals surface area (Å²) in [6.07, 6.45) is 5.96. The maximum atomic E-state index is 11.9. The Morgan fingerprint density at radius 2 is 2.12 bits per heavy atom. The lowest BCUT2D eigenvalue weighted by Crippen LogP contribution is -2.32. The molecule has 0 aromatic heterocycles. The molecule has 1 amide bonds. The molecule has 0 bridgehead atoms. The summed E-state index contributed by atoms with van der Waals surface area (Å²) >= 11 is 0. The maximum absolute atomic E-state index is 11.9. The molecular weight excluding hydrogens is 216 g/mol. The van der Waals surface area contributed by atoms with Crippen LogP contribution in [0.25, 0.3) is 0 Å². The number of carbonyl (C=O) groups excluding carboxylic acids is 1. The fraction of sp³-hybridized carbons (Fsp3) is 0.308. The number of hydrogen-bond donors (Lipinski definition) is 2. The van der Waals surface area contributed by atoms with Gasteiger partial charge in [0.15, 0.2) is 0 Å². The van der Waals surface area contributed by atoms with Crippen molar-refractivity contribution in [3.8, 4) is 5.75 Å². The number of ether oxygens (including phenoxy) is 1. The molecule has 2 rings (SSSR count). The van der Waals surface area contributed by atoms with Crippen LogP contribution in [-0.2, 0) is 0 Å². The van der Waals surface area contributed by atoms with Gasteiger partial charge in [-0.15, -0.1) is 0 Å². The predicted molar refractivity (Wildman–Crippen MR) is 67.0 cm³/mol. The van der Waals surface area contributed by atoms with E-state index >= 15 is 0 Å². The first-order valence-electron chi connectivity index (χ1n) is 5.60. The summed E-state index contributed by atoms with van der Waals surface area (Å²) in [6.45, 7) is 0. The van der Waals surface area contributed by atoms with Crippen LogP contribution in [0.1, 0.15) is 23.2 Å². The fourth-order valence-corrected chi connectivity index (χ4v) is 1.86. The summed E-state index contributed by atoms with van der Waals surface area (Å²) in [5.74, 6) is 0.444. The van der Waals surface area contributed by atoms with Crippen molar-refractivity contribution in [1.82, 2.24) is 5.32 Å². The van der Waals surface area contributed by atoms with Crippen molar-refractivity contribution in [2.24, 2.45) is 0 Å². The summed E-state index contributed by atoms with van der Waals surface area (Å²) in [7, 11) is 1.54. The molecule has 1 aromatic carbocycles. The zero-order valence-electron chi connectivity index (χ0n) is 9.77. The Balaban J connectivity index is 2.08. The van der Waals surface area contributed by atoms with Crippen LogP contribution < -0.4 is 15.8 Å². The van der Waals surface area contributed by atoms with Gasteiger partial charge in [0.1, 0.15) is 5.75 Å². The number of nitrogen functional groups attached to an aromatic ring is 1. The monoisotopic (exact) mass is 232 g/mol. The van der Waals surface area contributed by atoms with Crippen molar-refractivity contribution in [2.75, 3.05) is 12.8 Å². The topological polar surface area (TPSA) is 64.3 Å². The van der Waals surface area contributed by atoms with E-state index in [2.05, 4.69) is 17.5 Å². The summed E-state index contributed by atoms with van der Waals surface area (Å²) < 4.78 is 5.09. The van der Waals surface area contributed by atoms with E-state index in [-0.39, 0.29) is 11.9 Å². The maximum Gasteiger partial charge on any atom is 0.251 e. The molecule has 0 unspecified atom stereocenters. The summed E-state index contributed by atoms with van der Waals surface area (Å²) in [5.41, 5.74) is 6.80. The fourth-order valence-electron chi connectivity index (χ4n) is 1.86. The smallest absolute Gasteiger partial charge is 0.251 e. The van der Waals surface area contributed by atoms with E-state index in [1.54, 1.807) is 18.2 Å². The van der Waals surface area contributed by atoms with Crippen molar-refractivity contribution in [3.05, 3.63) is 35.9 Å². The zero-order chi connectivity index (χ0) is 12.3. The van der Waals surface area contributed by atoms with Gasteiger partial charge in [0.05, 0.1) is 12.8 Å². The van der Waals surface area contributed by atoms with Gasteiger partial charge in [0, 0.05) is 11.6 Å². The van der Waals surface area contributed by atoms with Crippen LogP contribution in [0.5, 0.6) is 5.75 Å². The quantitative estimate of drug-likeness (QED) is 0.616. The number of amides is 1. The average Bonchev–Trinajstić information content (AvgIpc) is 2.82. The molecular formula is C13H16N2O2. The van der Waals surface area contributed by atoms with Gasteiger partial charge >= 0.3 is 0 Å². The second-order valence-electron chi connectivity index (χ2n) is 4.07. The molecule has 90 valence electrons. The van der Waals surface area contributed by atoms with Gasteiger partial charge in [-0.25, -0.2) is 0 Å². The predicted octanol–water partition coefficient (Wildman–Crippen LogP) is 1.73. The lowest BCUT2D eigenvalue weighted by Gasteiger charge is -2.13. The summed E-state index contributed by atoms with van der Waals surface area (Å²) in [6, 6.07) is 5.26. The Labute approximate surface area is 100 Å². The number of benzene rings is 1. The first-order chi connectivity index (χ1) is 8.20. The van der Waals surface area contributed by atoms with Gasteiger partial charge in [-0.3, -0.25) is 4.79 Å². The molecule has 0 aliphatic heterocycles. The molecule has 3 N–H and O–H groups in total. The first-order valence-corrected chi connectivity index (χ1v) is 5.60. The number of nitrogens with one attached hydrogen (secondary N) is 1. The van der Waals surface area contributed by atoms with E-state index in [1.165, 1.54) is 7.11 Å². The minimum atomic E-state index is -0.0861. The molecule has 4 nitrogen and oxygen atoms in total. The number of rotatable bonds is 3. The van der Waals surface area contributed by atoms with Crippen LogP contribution in [0.2, 0.25) is 0 Å². The number of methoxy groups -OCH3 is 1. The molecule has 1 aliphatic carbocycles. The van der Waals surface area contributed by atoms with Gasteiger partial charge in [0.25, 0.3) is 5.91 Å². The number of nitrogens with two attached hydrogens (primary N) is 1. The van der Waals surface area contributed by atoms with Crippen LogP contribution in [0, 0.1) is 0 Å². The standard InChI is InChI=1S/C13H16N2O2/c1-17-12-8-9(6-7-11(12)14)13(16)15-10-4-2-3-5-10/h2-3,6-8,10H,4-5,14H2,1H3,(H,15,16). The molecule has 1 aromatic rings. The van der Waals surface area contributed by atoms with Gasteiger partial charge < -0.3 is 15.8 Å². The molecule has 1 aliphatic rings. The van der Waals surface area contributed by atoms with Gasteiger partial charge in [0.2, 0.25) is 0 Å². The van der Waals surface area contributed by atoms with Crippen LogP contribution in [0.15, 0.2) is 30.4 Å². The summed E-state index contributed by atoms with van der Waals surface area (Å²) in [5, 5.41) is 2.97. The third-order valence-electron chi connectivity index (χ3n) is 2.84.